The fourth-order valence-corrected chi connectivity index (χ4v) is 1.00. The molecule has 14 heavy (non-hydrogen) atoms. The Labute approximate surface area is 82.0 Å². The van der Waals surface area contributed by atoms with Crippen LogP contribution in [0.2, 0.25) is 0 Å². The average Bonchev–Trinajstić information content (AvgIpc) is 2.01. The van der Waals surface area contributed by atoms with Crippen LogP contribution in [0, 0.1) is 10.1 Å². The number of nitro groups is 1. The van der Waals surface area contributed by atoms with Crippen LogP contribution in [0.4, 0.5) is 0 Å². The van der Waals surface area contributed by atoms with Crippen LogP contribution in [0.15, 0.2) is 0 Å². The van der Waals surface area contributed by atoms with Crippen molar-refractivity contribution < 1.29 is 19.6 Å². The monoisotopic (exact) mass is 205 g/mol. The van der Waals surface area contributed by atoms with Crippen molar-refractivity contribution in [2.24, 2.45) is 0 Å². The first kappa shape index (κ1) is 12.8. The first-order valence-electron chi connectivity index (χ1n) is 4.40. The molecule has 0 heterocycles. The molecule has 0 spiro atoms. The molecule has 0 aromatic heterocycles. The van der Waals surface area contributed by atoms with Crippen molar-refractivity contribution in [3.8, 4) is 0 Å². The Morgan fingerprint density at radius 2 is 2.21 bits per heavy atom. The lowest BCUT2D eigenvalue weighted by molar-refractivity contribution is -0.480. The van der Waals surface area contributed by atoms with E-state index in [1.54, 1.807) is 6.92 Å². The third-order valence-corrected chi connectivity index (χ3v) is 1.73. The second-order valence-corrected chi connectivity index (χ2v) is 3.08. The molecule has 0 aliphatic rings. The van der Waals surface area contributed by atoms with Crippen LogP contribution in [-0.4, -0.2) is 34.8 Å². The molecule has 2 atom stereocenters. The van der Waals surface area contributed by atoms with Gasteiger partial charge in [0.05, 0.1) is 6.10 Å². The third kappa shape index (κ3) is 6.36. The Hall–Kier alpha value is -1.17. The van der Waals surface area contributed by atoms with Crippen LogP contribution in [0.3, 0.4) is 0 Å². The zero-order valence-corrected chi connectivity index (χ0v) is 8.30. The van der Waals surface area contributed by atoms with E-state index in [-0.39, 0.29) is 19.4 Å². The summed E-state index contributed by atoms with van der Waals surface area (Å²) in [5.74, 6) is -0.467. The number of ether oxygens (including phenoxy) is 1. The zero-order valence-electron chi connectivity index (χ0n) is 8.30. The maximum absolute atomic E-state index is 10.5. The van der Waals surface area contributed by atoms with Gasteiger partial charge in [0.2, 0.25) is 6.54 Å². The lowest BCUT2D eigenvalue weighted by Gasteiger charge is -2.17. The highest BCUT2D eigenvalue weighted by atomic mass is 16.6. The highest BCUT2D eigenvalue weighted by molar-refractivity contribution is 5.66. The molecule has 6 heteroatoms. The van der Waals surface area contributed by atoms with Crippen molar-refractivity contribution in [1.29, 1.82) is 0 Å². The van der Waals surface area contributed by atoms with Gasteiger partial charge >= 0.3 is 5.97 Å². The van der Waals surface area contributed by atoms with E-state index in [9.17, 15) is 20.0 Å². The van der Waals surface area contributed by atoms with Crippen molar-refractivity contribution in [3.63, 3.8) is 0 Å². The predicted octanol–water partition coefficient (Wildman–Crippen LogP) is 0.356. The number of aliphatic hydroxyl groups excluding tert-OH is 1. The van der Waals surface area contributed by atoms with Crippen molar-refractivity contribution >= 4 is 5.97 Å². The molecule has 0 saturated heterocycles. The number of hydrogen-bond donors (Lipinski definition) is 1. The Morgan fingerprint density at radius 3 is 2.64 bits per heavy atom. The molecule has 0 radical (unpaired) electrons. The first-order valence-corrected chi connectivity index (χ1v) is 4.40. The van der Waals surface area contributed by atoms with Crippen molar-refractivity contribution in [3.05, 3.63) is 10.1 Å². The maximum atomic E-state index is 10.5. The number of esters is 1. The van der Waals surface area contributed by atoms with Crippen LogP contribution >= 0.6 is 0 Å². The number of carbonyl (C=O) groups is 1. The summed E-state index contributed by atoms with van der Waals surface area (Å²) in [7, 11) is 0. The lowest BCUT2D eigenvalue weighted by Crippen LogP contribution is -2.28. The van der Waals surface area contributed by atoms with E-state index < -0.39 is 23.1 Å². The van der Waals surface area contributed by atoms with Gasteiger partial charge in [-0.1, -0.05) is 0 Å². The molecule has 0 saturated carbocycles. The summed E-state index contributed by atoms with van der Waals surface area (Å²) in [5, 5.41) is 19.3. The molecular formula is C8H15NO5. The van der Waals surface area contributed by atoms with Crippen molar-refractivity contribution in [2.45, 2.75) is 38.9 Å². The van der Waals surface area contributed by atoms with E-state index in [1.165, 1.54) is 6.92 Å². The minimum Gasteiger partial charge on any atom is -0.460 e. The SMILES string of the molecule is CC(=O)OC(C)C(O)CCC[N+](=O)[O-]. The Balaban J connectivity index is 3.66. The van der Waals surface area contributed by atoms with E-state index in [0.717, 1.165) is 0 Å². The van der Waals surface area contributed by atoms with Gasteiger partial charge in [-0.25, -0.2) is 0 Å². The Bertz CT molecular complexity index is 206. The van der Waals surface area contributed by atoms with Crippen LogP contribution in [0.25, 0.3) is 0 Å². The zero-order chi connectivity index (χ0) is 11.1. The molecule has 0 amide bonds. The second-order valence-electron chi connectivity index (χ2n) is 3.08. The van der Waals surface area contributed by atoms with E-state index in [2.05, 4.69) is 0 Å². The summed E-state index contributed by atoms with van der Waals surface area (Å²) in [4.78, 5) is 20.0. The van der Waals surface area contributed by atoms with Crippen molar-refractivity contribution in [2.75, 3.05) is 6.54 Å². The smallest absolute Gasteiger partial charge is 0.302 e. The number of hydrogen-bond acceptors (Lipinski definition) is 5. The average molecular weight is 205 g/mol. The molecule has 0 rings (SSSR count). The third-order valence-electron chi connectivity index (χ3n) is 1.73. The van der Waals surface area contributed by atoms with Gasteiger partial charge in [0.25, 0.3) is 0 Å². The fourth-order valence-electron chi connectivity index (χ4n) is 1.00. The van der Waals surface area contributed by atoms with Crippen LogP contribution in [0.1, 0.15) is 26.7 Å². The van der Waals surface area contributed by atoms with E-state index in [1.807, 2.05) is 0 Å². The second kappa shape index (κ2) is 6.31. The van der Waals surface area contributed by atoms with Gasteiger partial charge in [-0.2, -0.15) is 0 Å². The molecule has 0 aliphatic carbocycles. The largest absolute Gasteiger partial charge is 0.460 e. The lowest BCUT2D eigenvalue weighted by atomic mass is 10.1. The van der Waals surface area contributed by atoms with Gasteiger partial charge in [0.1, 0.15) is 6.10 Å². The number of carbonyl (C=O) groups excluding carboxylic acids is 1. The summed E-state index contributed by atoms with van der Waals surface area (Å²) < 4.78 is 4.71. The normalized spacial score (nSPS) is 14.5. The summed E-state index contributed by atoms with van der Waals surface area (Å²) in [6, 6.07) is 0. The molecule has 0 aliphatic heterocycles. The van der Waals surface area contributed by atoms with E-state index in [4.69, 9.17) is 4.74 Å². The summed E-state index contributed by atoms with van der Waals surface area (Å²) in [6.07, 6.45) is -0.909. The fraction of sp³-hybridized carbons (Fsp3) is 0.875. The molecular weight excluding hydrogens is 190 g/mol. The summed E-state index contributed by atoms with van der Waals surface area (Å²) in [5.41, 5.74) is 0. The van der Waals surface area contributed by atoms with Crippen LogP contribution in [-0.2, 0) is 9.53 Å². The van der Waals surface area contributed by atoms with Gasteiger partial charge in [0, 0.05) is 18.3 Å². The Morgan fingerprint density at radius 1 is 1.64 bits per heavy atom. The minimum absolute atomic E-state index is 0.177. The van der Waals surface area contributed by atoms with Gasteiger partial charge in [-0.15, -0.1) is 0 Å². The molecule has 0 aromatic rings. The number of aliphatic hydroxyl groups is 1. The highest BCUT2D eigenvalue weighted by Gasteiger charge is 2.17. The predicted molar refractivity (Wildman–Crippen MR) is 48.3 cm³/mol. The molecule has 6 nitrogen and oxygen atoms in total. The standard InChI is InChI=1S/C8H15NO5/c1-6(14-7(2)10)8(11)4-3-5-9(12)13/h6,8,11H,3-5H2,1-2H3. The molecule has 0 bridgehead atoms. The summed E-state index contributed by atoms with van der Waals surface area (Å²) in [6.45, 7) is 2.63. The molecule has 82 valence electrons. The highest BCUT2D eigenvalue weighted by Crippen LogP contribution is 2.06. The summed E-state index contributed by atoms with van der Waals surface area (Å²) >= 11 is 0. The van der Waals surface area contributed by atoms with Crippen molar-refractivity contribution in [1.82, 2.24) is 0 Å². The molecule has 0 aromatic carbocycles. The van der Waals surface area contributed by atoms with E-state index >= 15 is 0 Å². The molecule has 2 unspecified atom stereocenters. The minimum atomic E-state index is -0.834. The molecule has 1 N–H and O–H groups in total. The van der Waals surface area contributed by atoms with Gasteiger partial charge in [0.15, 0.2) is 0 Å². The maximum Gasteiger partial charge on any atom is 0.302 e. The Kier molecular flexibility index (Phi) is 5.78. The number of rotatable bonds is 6. The van der Waals surface area contributed by atoms with Crippen LogP contribution in [0.5, 0.6) is 0 Å². The van der Waals surface area contributed by atoms with Crippen LogP contribution < -0.4 is 0 Å². The number of nitrogens with zero attached hydrogens (tertiary/aromatic N) is 1. The first-order chi connectivity index (χ1) is 6.43. The van der Waals surface area contributed by atoms with E-state index in [0.29, 0.717) is 0 Å². The van der Waals surface area contributed by atoms with Gasteiger partial charge in [-0.05, 0) is 13.3 Å². The quantitative estimate of drug-likeness (QED) is 0.384. The van der Waals surface area contributed by atoms with Gasteiger partial charge in [-0.3, -0.25) is 14.9 Å². The van der Waals surface area contributed by atoms with Gasteiger partial charge < -0.3 is 9.84 Å². The topological polar surface area (TPSA) is 89.7 Å². The molecule has 0 fully saturated rings.